The highest BCUT2D eigenvalue weighted by Crippen LogP contribution is 2.12. The molecule has 1 heterocycles. The van der Waals surface area contributed by atoms with E-state index in [1.54, 1.807) is 29.2 Å². The summed E-state index contributed by atoms with van der Waals surface area (Å²) in [6.45, 7) is 5.78. The van der Waals surface area contributed by atoms with Crippen molar-refractivity contribution in [3.05, 3.63) is 42.5 Å². The highest BCUT2D eigenvalue weighted by Gasteiger charge is 2.18. The predicted molar refractivity (Wildman–Crippen MR) is 72.0 cm³/mol. The summed E-state index contributed by atoms with van der Waals surface area (Å²) in [6.07, 6.45) is 1.20. The van der Waals surface area contributed by atoms with E-state index < -0.39 is 0 Å². The normalized spacial score (nSPS) is 14.8. The lowest BCUT2D eigenvalue weighted by atomic mass is 10.1. The molecule has 0 saturated carbocycles. The van der Waals surface area contributed by atoms with E-state index in [-0.39, 0.29) is 11.8 Å². The Labute approximate surface area is 111 Å². The Hall–Kier alpha value is -2.14. The number of carbonyl (C=O) groups excluding carboxylic acids is 2. The van der Waals surface area contributed by atoms with Gasteiger partial charge in [-0.2, -0.15) is 0 Å². The lowest BCUT2D eigenvalue weighted by Crippen LogP contribution is -2.40. The largest absolute Gasteiger partial charge is 0.378 e. The molecule has 1 aliphatic heterocycles. The van der Waals surface area contributed by atoms with Gasteiger partial charge in [0.1, 0.15) is 0 Å². The minimum absolute atomic E-state index is 0.00935. The number of rotatable bonds is 3. The van der Waals surface area contributed by atoms with Crippen molar-refractivity contribution >= 4 is 17.5 Å². The molecular weight excluding hydrogens is 244 g/mol. The van der Waals surface area contributed by atoms with E-state index in [1.165, 1.54) is 6.08 Å². The van der Waals surface area contributed by atoms with Crippen molar-refractivity contribution in [3.8, 4) is 0 Å². The number of anilines is 1. The maximum atomic E-state index is 12.2. The molecular formula is C14H16N2O3. The second-order valence-electron chi connectivity index (χ2n) is 4.18. The summed E-state index contributed by atoms with van der Waals surface area (Å²) in [4.78, 5) is 25.1. The van der Waals surface area contributed by atoms with E-state index in [9.17, 15) is 9.59 Å². The summed E-state index contributed by atoms with van der Waals surface area (Å²) in [6, 6.07) is 6.82. The zero-order chi connectivity index (χ0) is 13.7. The van der Waals surface area contributed by atoms with Crippen molar-refractivity contribution in [3.63, 3.8) is 0 Å². The summed E-state index contributed by atoms with van der Waals surface area (Å²) < 4.78 is 5.21. The molecule has 100 valence electrons. The molecule has 0 spiro atoms. The third-order valence-electron chi connectivity index (χ3n) is 2.88. The van der Waals surface area contributed by atoms with Crippen molar-refractivity contribution in [1.29, 1.82) is 0 Å². The van der Waals surface area contributed by atoms with Gasteiger partial charge in [0.25, 0.3) is 5.91 Å². The van der Waals surface area contributed by atoms with Crippen LogP contribution in [0.2, 0.25) is 0 Å². The second-order valence-corrected chi connectivity index (χ2v) is 4.18. The molecule has 1 aromatic rings. The van der Waals surface area contributed by atoms with E-state index in [0.717, 1.165) is 0 Å². The van der Waals surface area contributed by atoms with Gasteiger partial charge in [-0.1, -0.05) is 6.58 Å². The van der Waals surface area contributed by atoms with Gasteiger partial charge in [-0.3, -0.25) is 9.59 Å². The molecule has 1 aliphatic rings. The fourth-order valence-electron chi connectivity index (χ4n) is 1.84. The molecule has 5 nitrogen and oxygen atoms in total. The van der Waals surface area contributed by atoms with Crippen molar-refractivity contribution in [2.75, 3.05) is 31.6 Å². The standard InChI is InChI=1S/C14H16N2O3/c1-2-13(17)15-12-5-3-11(4-6-12)14(18)16-7-9-19-10-8-16/h2-6H,1,7-10H2,(H,15,17). The Morgan fingerprint density at radius 3 is 2.42 bits per heavy atom. The van der Waals surface area contributed by atoms with E-state index >= 15 is 0 Å². The average Bonchev–Trinajstić information content (AvgIpc) is 2.48. The van der Waals surface area contributed by atoms with Gasteiger partial charge in [0.2, 0.25) is 5.91 Å². The molecule has 0 unspecified atom stereocenters. The number of nitrogens with zero attached hydrogens (tertiary/aromatic N) is 1. The van der Waals surface area contributed by atoms with Crippen LogP contribution in [0.5, 0.6) is 0 Å². The Kier molecular flexibility index (Phi) is 4.30. The number of nitrogens with one attached hydrogen (secondary N) is 1. The first kappa shape index (κ1) is 13.3. The minimum atomic E-state index is -0.271. The summed E-state index contributed by atoms with van der Waals surface area (Å²) in [7, 11) is 0. The molecule has 19 heavy (non-hydrogen) atoms. The molecule has 5 heteroatoms. The Balaban J connectivity index is 2.02. The summed E-state index contributed by atoms with van der Waals surface area (Å²) in [5.74, 6) is -0.280. The van der Waals surface area contributed by atoms with Crippen LogP contribution in [-0.4, -0.2) is 43.0 Å². The topological polar surface area (TPSA) is 58.6 Å². The van der Waals surface area contributed by atoms with Gasteiger partial charge in [0, 0.05) is 24.3 Å². The molecule has 0 radical (unpaired) electrons. The minimum Gasteiger partial charge on any atom is -0.378 e. The van der Waals surface area contributed by atoms with Gasteiger partial charge in [0.15, 0.2) is 0 Å². The molecule has 1 fully saturated rings. The Morgan fingerprint density at radius 1 is 1.21 bits per heavy atom. The third kappa shape index (κ3) is 3.42. The van der Waals surface area contributed by atoms with Crippen molar-refractivity contribution in [1.82, 2.24) is 4.90 Å². The third-order valence-corrected chi connectivity index (χ3v) is 2.88. The highest BCUT2D eigenvalue weighted by atomic mass is 16.5. The van der Waals surface area contributed by atoms with E-state index in [0.29, 0.717) is 37.6 Å². The fourth-order valence-corrected chi connectivity index (χ4v) is 1.84. The average molecular weight is 260 g/mol. The van der Waals surface area contributed by atoms with Gasteiger partial charge < -0.3 is 15.0 Å². The van der Waals surface area contributed by atoms with E-state index in [1.807, 2.05) is 0 Å². The molecule has 0 aromatic heterocycles. The first-order valence-corrected chi connectivity index (χ1v) is 6.11. The fraction of sp³-hybridized carbons (Fsp3) is 0.286. The van der Waals surface area contributed by atoms with E-state index in [2.05, 4.69) is 11.9 Å². The van der Waals surface area contributed by atoms with Crippen LogP contribution in [0.1, 0.15) is 10.4 Å². The van der Waals surface area contributed by atoms with Crippen molar-refractivity contribution in [2.24, 2.45) is 0 Å². The summed E-state index contributed by atoms with van der Waals surface area (Å²) in [5.41, 5.74) is 1.25. The maximum Gasteiger partial charge on any atom is 0.254 e. The Bertz CT molecular complexity index is 476. The lowest BCUT2D eigenvalue weighted by molar-refractivity contribution is -0.111. The lowest BCUT2D eigenvalue weighted by Gasteiger charge is -2.26. The van der Waals surface area contributed by atoms with E-state index in [4.69, 9.17) is 4.74 Å². The number of benzene rings is 1. The van der Waals surface area contributed by atoms with Gasteiger partial charge in [0.05, 0.1) is 13.2 Å². The van der Waals surface area contributed by atoms with Crippen molar-refractivity contribution < 1.29 is 14.3 Å². The van der Waals surface area contributed by atoms with Crippen LogP contribution in [0.3, 0.4) is 0 Å². The molecule has 1 N–H and O–H groups in total. The van der Waals surface area contributed by atoms with Crippen LogP contribution < -0.4 is 5.32 Å². The van der Waals surface area contributed by atoms with Crippen LogP contribution in [0.4, 0.5) is 5.69 Å². The monoisotopic (exact) mass is 260 g/mol. The first-order valence-electron chi connectivity index (χ1n) is 6.11. The van der Waals surface area contributed by atoms with Crippen LogP contribution in [0.15, 0.2) is 36.9 Å². The van der Waals surface area contributed by atoms with Gasteiger partial charge >= 0.3 is 0 Å². The second kappa shape index (κ2) is 6.15. The number of carbonyl (C=O) groups is 2. The summed E-state index contributed by atoms with van der Waals surface area (Å²) in [5, 5.41) is 2.64. The zero-order valence-corrected chi connectivity index (χ0v) is 10.6. The van der Waals surface area contributed by atoms with Gasteiger partial charge in [-0.05, 0) is 30.3 Å². The molecule has 1 saturated heterocycles. The molecule has 0 aliphatic carbocycles. The summed E-state index contributed by atoms with van der Waals surface area (Å²) >= 11 is 0. The molecule has 2 rings (SSSR count). The number of amides is 2. The number of morpholine rings is 1. The smallest absolute Gasteiger partial charge is 0.254 e. The number of ether oxygens (including phenoxy) is 1. The zero-order valence-electron chi connectivity index (χ0n) is 10.6. The van der Waals surface area contributed by atoms with Gasteiger partial charge in [-0.15, -0.1) is 0 Å². The molecule has 0 bridgehead atoms. The molecule has 0 atom stereocenters. The molecule has 2 amide bonds. The number of hydrogen-bond acceptors (Lipinski definition) is 3. The highest BCUT2D eigenvalue weighted by molar-refractivity contribution is 5.99. The SMILES string of the molecule is C=CC(=O)Nc1ccc(C(=O)N2CCOCC2)cc1. The predicted octanol–water partition coefficient (Wildman–Crippen LogP) is 1.28. The maximum absolute atomic E-state index is 12.2. The number of hydrogen-bond donors (Lipinski definition) is 1. The van der Waals surface area contributed by atoms with Crippen molar-refractivity contribution in [2.45, 2.75) is 0 Å². The van der Waals surface area contributed by atoms with Crippen LogP contribution in [0, 0.1) is 0 Å². The molecule has 1 aromatic carbocycles. The van der Waals surface area contributed by atoms with Crippen LogP contribution >= 0.6 is 0 Å². The van der Waals surface area contributed by atoms with Gasteiger partial charge in [-0.25, -0.2) is 0 Å². The quantitative estimate of drug-likeness (QED) is 0.833. The Morgan fingerprint density at radius 2 is 1.84 bits per heavy atom. The first-order chi connectivity index (χ1) is 9.20. The van der Waals surface area contributed by atoms with Crippen LogP contribution in [-0.2, 0) is 9.53 Å². The van der Waals surface area contributed by atoms with Crippen LogP contribution in [0.25, 0.3) is 0 Å².